The molecular formula is C18H18Cl2N2O2. The van der Waals surface area contributed by atoms with Crippen LogP contribution in [-0.2, 0) is 0 Å². The first-order valence-corrected chi connectivity index (χ1v) is 8.10. The van der Waals surface area contributed by atoms with Gasteiger partial charge in [0.1, 0.15) is 0 Å². The molecule has 6 heteroatoms. The Balaban J connectivity index is 2.17. The second kappa shape index (κ2) is 7.24. The van der Waals surface area contributed by atoms with Gasteiger partial charge in [-0.1, -0.05) is 29.3 Å². The third-order valence-electron chi connectivity index (χ3n) is 3.00. The lowest BCUT2D eigenvalue weighted by atomic mass is 10.1. The van der Waals surface area contributed by atoms with Gasteiger partial charge in [-0.3, -0.25) is 9.59 Å². The number of amides is 2. The molecule has 126 valence electrons. The SMILES string of the molecule is CC(C)(C)NC(=O)c1cccc(NC(=O)c2cc(Cl)cc(Cl)c2)c1. The van der Waals surface area contributed by atoms with E-state index >= 15 is 0 Å². The molecule has 0 saturated heterocycles. The predicted octanol–water partition coefficient (Wildman–Crippen LogP) is 4.77. The average molecular weight is 365 g/mol. The Kier molecular flexibility index (Phi) is 5.52. The van der Waals surface area contributed by atoms with Crippen LogP contribution in [0.5, 0.6) is 0 Å². The minimum absolute atomic E-state index is 0.204. The fourth-order valence-electron chi connectivity index (χ4n) is 2.04. The van der Waals surface area contributed by atoms with E-state index in [4.69, 9.17) is 23.2 Å². The first kappa shape index (κ1) is 18.3. The van der Waals surface area contributed by atoms with Gasteiger partial charge in [0.05, 0.1) is 0 Å². The highest BCUT2D eigenvalue weighted by atomic mass is 35.5. The molecule has 2 aromatic rings. The van der Waals surface area contributed by atoms with Gasteiger partial charge >= 0.3 is 0 Å². The van der Waals surface area contributed by atoms with E-state index in [0.29, 0.717) is 26.9 Å². The van der Waals surface area contributed by atoms with Crippen molar-refractivity contribution < 1.29 is 9.59 Å². The molecule has 2 aromatic carbocycles. The molecule has 2 N–H and O–H groups in total. The lowest BCUT2D eigenvalue weighted by Crippen LogP contribution is -2.40. The van der Waals surface area contributed by atoms with Crippen LogP contribution in [0.25, 0.3) is 0 Å². The highest BCUT2D eigenvalue weighted by Crippen LogP contribution is 2.20. The molecule has 0 unspecified atom stereocenters. The van der Waals surface area contributed by atoms with Crippen LogP contribution in [0.3, 0.4) is 0 Å². The summed E-state index contributed by atoms with van der Waals surface area (Å²) in [5.74, 6) is -0.558. The molecule has 0 saturated carbocycles. The number of carbonyl (C=O) groups excluding carboxylic acids is 2. The van der Waals surface area contributed by atoms with Crippen LogP contribution >= 0.6 is 23.2 Å². The molecule has 0 bridgehead atoms. The highest BCUT2D eigenvalue weighted by Gasteiger charge is 2.16. The number of hydrogen-bond acceptors (Lipinski definition) is 2. The van der Waals surface area contributed by atoms with Crippen molar-refractivity contribution in [2.45, 2.75) is 26.3 Å². The summed E-state index contributed by atoms with van der Waals surface area (Å²) < 4.78 is 0. The molecule has 0 atom stereocenters. The zero-order valence-corrected chi connectivity index (χ0v) is 15.1. The van der Waals surface area contributed by atoms with E-state index in [2.05, 4.69) is 10.6 Å². The van der Waals surface area contributed by atoms with Crippen LogP contribution in [-0.4, -0.2) is 17.4 Å². The molecule has 24 heavy (non-hydrogen) atoms. The molecule has 0 spiro atoms. The van der Waals surface area contributed by atoms with Crippen molar-refractivity contribution >= 4 is 40.7 Å². The van der Waals surface area contributed by atoms with E-state index in [1.807, 2.05) is 20.8 Å². The largest absolute Gasteiger partial charge is 0.347 e. The number of benzene rings is 2. The maximum Gasteiger partial charge on any atom is 0.255 e. The maximum atomic E-state index is 12.3. The quantitative estimate of drug-likeness (QED) is 0.823. The molecule has 2 amide bonds. The minimum atomic E-state index is -0.354. The van der Waals surface area contributed by atoms with Crippen molar-refractivity contribution in [3.8, 4) is 0 Å². The Bertz CT molecular complexity index is 763. The molecule has 4 nitrogen and oxygen atoms in total. The van der Waals surface area contributed by atoms with Crippen molar-refractivity contribution in [3.05, 3.63) is 63.6 Å². The minimum Gasteiger partial charge on any atom is -0.347 e. The van der Waals surface area contributed by atoms with Crippen LogP contribution in [0.2, 0.25) is 10.0 Å². The van der Waals surface area contributed by atoms with Gasteiger partial charge in [0, 0.05) is 32.4 Å². The van der Waals surface area contributed by atoms with Crippen LogP contribution in [0.4, 0.5) is 5.69 Å². The Labute approximate surface area is 151 Å². The topological polar surface area (TPSA) is 58.2 Å². The predicted molar refractivity (Wildman–Crippen MR) is 98.1 cm³/mol. The summed E-state index contributed by atoms with van der Waals surface area (Å²) in [6.45, 7) is 5.71. The fourth-order valence-corrected chi connectivity index (χ4v) is 2.57. The Morgan fingerprint density at radius 1 is 0.875 bits per heavy atom. The first-order valence-electron chi connectivity index (χ1n) is 7.34. The number of halogens is 2. The number of rotatable bonds is 3. The van der Waals surface area contributed by atoms with E-state index in [1.54, 1.807) is 30.3 Å². The van der Waals surface area contributed by atoms with E-state index < -0.39 is 0 Å². The number of hydrogen-bond donors (Lipinski definition) is 2. The normalized spacial score (nSPS) is 11.0. The standard InChI is InChI=1S/C18H18Cl2N2O2/c1-18(2,3)22-17(24)11-5-4-6-15(9-11)21-16(23)12-7-13(19)10-14(20)8-12/h4-10H,1-3H3,(H,21,23)(H,22,24). The zero-order valence-electron chi connectivity index (χ0n) is 13.6. The van der Waals surface area contributed by atoms with Crippen molar-refractivity contribution in [2.75, 3.05) is 5.32 Å². The molecule has 0 fully saturated rings. The number of nitrogens with one attached hydrogen (secondary N) is 2. The molecule has 2 rings (SSSR count). The van der Waals surface area contributed by atoms with Crippen LogP contribution in [0, 0.1) is 0 Å². The molecule has 0 aromatic heterocycles. The van der Waals surface area contributed by atoms with E-state index in [0.717, 1.165) is 0 Å². The summed E-state index contributed by atoms with van der Waals surface area (Å²) >= 11 is 11.8. The van der Waals surface area contributed by atoms with Gasteiger partial charge in [-0.05, 0) is 57.2 Å². The maximum absolute atomic E-state index is 12.3. The van der Waals surface area contributed by atoms with Crippen molar-refractivity contribution in [2.24, 2.45) is 0 Å². The molecular weight excluding hydrogens is 347 g/mol. The van der Waals surface area contributed by atoms with Gasteiger partial charge in [-0.25, -0.2) is 0 Å². The summed E-state index contributed by atoms with van der Waals surface area (Å²) in [6, 6.07) is 11.3. The molecule has 0 aliphatic heterocycles. The molecule has 0 aliphatic rings. The van der Waals surface area contributed by atoms with Gasteiger partial charge in [0.2, 0.25) is 0 Å². The summed E-state index contributed by atoms with van der Waals surface area (Å²) in [5.41, 5.74) is 0.981. The second-order valence-electron chi connectivity index (χ2n) is 6.40. The summed E-state index contributed by atoms with van der Waals surface area (Å²) in [4.78, 5) is 24.5. The van der Waals surface area contributed by atoms with E-state index in [1.165, 1.54) is 12.1 Å². The van der Waals surface area contributed by atoms with E-state index in [9.17, 15) is 9.59 Å². The smallest absolute Gasteiger partial charge is 0.255 e. The third-order valence-corrected chi connectivity index (χ3v) is 3.43. The van der Waals surface area contributed by atoms with Crippen molar-refractivity contribution in [3.63, 3.8) is 0 Å². The van der Waals surface area contributed by atoms with Gasteiger partial charge in [0.25, 0.3) is 11.8 Å². The lowest BCUT2D eigenvalue weighted by Gasteiger charge is -2.20. The second-order valence-corrected chi connectivity index (χ2v) is 7.27. The van der Waals surface area contributed by atoms with Gasteiger partial charge in [0.15, 0.2) is 0 Å². The van der Waals surface area contributed by atoms with Crippen LogP contribution < -0.4 is 10.6 Å². The molecule has 0 heterocycles. The average Bonchev–Trinajstić information content (AvgIpc) is 2.44. The lowest BCUT2D eigenvalue weighted by molar-refractivity contribution is 0.0918. The van der Waals surface area contributed by atoms with Crippen LogP contribution in [0.1, 0.15) is 41.5 Å². The van der Waals surface area contributed by atoms with Gasteiger partial charge in [-0.2, -0.15) is 0 Å². The summed E-state index contributed by atoms with van der Waals surface area (Å²) in [5, 5.41) is 6.37. The fraction of sp³-hybridized carbons (Fsp3) is 0.222. The summed E-state index contributed by atoms with van der Waals surface area (Å²) in [6.07, 6.45) is 0. The Morgan fingerprint density at radius 2 is 1.50 bits per heavy atom. The van der Waals surface area contributed by atoms with Crippen molar-refractivity contribution in [1.29, 1.82) is 0 Å². The molecule has 0 radical (unpaired) electrons. The summed E-state index contributed by atoms with van der Waals surface area (Å²) in [7, 11) is 0. The number of anilines is 1. The van der Waals surface area contributed by atoms with Crippen molar-refractivity contribution in [1.82, 2.24) is 5.32 Å². The third kappa shape index (κ3) is 5.25. The van der Waals surface area contributed by atoms with Crippen LogP contribution in [0.15, 0.2) is 42.5 Å². The van der Waals surface area contributed by atoms with Gasteiger partial charge < -0.3 is 10.6 Å². The zero-order chi connectivity index (χ0) is 17.9. The van der Waals surface area contributed by atoms with E-state index in [-0.39, 0.29) is 17.4 Å². The Morgan fingerprint density at radius 3 is 2.08 bits per heavy atom. The monoisotopic (exact) mass is 364 g/mol. The highest BCUT2D eigenvalue weighted by molar-refractivity contribution is 6.35. The van der Waals surface area contributed by atoms with Gasteiger partial charge in [-0.15, -0.1) is 0 Å². The first-order chi connectivity index (χ1) is 11.1. The molecule has 0 aliphatic carbocycles. The number of carbonyl (C=O) groups is 2. The Hall–Kier alpha value is -2.04.